The van der Waals surface area contributed by atoms with E-state index < -0.39 is 29.2 Å². The predicted molar refractivity (Wildman–Crippen MR) is 124 cm³/mol. The summed E-state index contributed by atoms with van der Waals surface area (Å²) in [6.45, 7) is 6.18. The van der Waals surface area contributed by atoms with Gasteiger partial charge in [-0.1, -0.05) is 6.07 Å². The van der Waals surface area contributed by atoms with Gasteiger partial charge < -0.3 is 15.2 Å². The number of aromatic nitrogens is 3. The number of nitrogens with one attached hydrogen (secondary N) is 2. The molecule has 3 heterocycles. The van der Waals surface area contributed by atoms with E-state index in [-0.39, 0.29) is 23.7 Å². The second-order valence-electron chi connectivity index (χ2n) is 9.11. The number of pyridine rings is 1. The van der Waals surface area contributed by atoms with Gasteiger partial charge in [0.05, 0.1) is 23.4 Å². The fourth-order valence-corrected chi connectivity index (χ4v) is 4.43. The molecule has 1 saturated heterocycles. The number of hydrogen-bond acceptors (Lipinski definition) is 6. The average molecular weight is 486 g/mol. The molecule has 2 aliphatic rings. The Morgan fingerprint density at radius 1 is 1.20 bits per heavy atom. The van der Waals surface area contributed by atoms with Crippen molar-refractivity contribution in [2.75, 3.05) is 31.1 Å². The van der Waals surface area contributed by atoms with Crippen LogP contribution in [-0.4, -0.2) is 63.9 Å². The van der Waals surface area contributed by atoms with E-state index in [9.17, 15) is 18.4 Å². The fourth-order valence-electron chi connectivity index (χ4n) is 4.43. The van der Waals surface area contributed by atoms with E-state index in [2.05, 4.69) is 30.1 Å². The maximum atomic E-state index is 15.2. The van der Waals surface area contributed by atoms with Gasteiger partial charge in [-0.3, -0.25) is 14.5 Å². The van der Waals surface area contributed by atoms with E-state index in [1.165, 1.54) is 6.07 Å². The lowest BCUT2D eigenvalue weighted by Gasteiger charge is -2.39. The zero-order valence-electron chi connectivity index (χ0n) is 19.3. The smallest absolute Gasteiger partial charge is 0.270 e. The van der Waals surface area contributed by atoms with Gasteiger partial charge in [-0.25, -0.2) is 23.1 Å². The second kappa shape index (κ2) is 8.63. The van der Waals surface area contributed by atoms with Crippen LogP contribution >= 0.6 is 0 Å². The van der Waals surface area contributed by atoms with Crippen LogP contribution < -0.4 is 15.8 Å². The number of anilines is 1. The number of hydrogen-bond donors (Lipinski definition) is 2. The van der Waals surface area contributed by atoms with E-state index in [1.807, 2.05) is 6.92 Å². The predicted octanol–water partition coefficient (Wildman–Crippen LogP) is 2.79. The summed E-state index contributed by atoms with van der Waals surface area (Å²) in [5, 5.41) is 2.29. The topological polar surface area (TPSA) is 94.2 Å². The highest BCUT2D eigenvalue weighted by atomic mass is 19.3. The average Bonchev–Trinajstić information content (AvgIpc) is 3.45. The molecule has 1 aliphatic heterocycles. The first kappa shape index (κ1) is 23.3. The van der Waals surface area contributed by atoms with Gasteiger partial charge in [0.25, 0.3) is 17.4 Å². The van der Waals surface area contributed by atoms with Gasteiger partial charge in [-0.15, -0.1) is 0 Å². The van der Waals surface area contributed by atoms with Crippen LogP contribution in [0.15, 0.2) is 35.3 Å². The minimum atomic E-state index is -2.82. The third-order valence-electron chi connectivity index (χ3n) is 6.79. The number of carbonyl (C=O) groups is 1. The van der Waals surface area contributed by atoms with E-state index in [4.69, 9.17) is 0 Å². The maximum absolute atomic E-state index is 15.2. The summed E-state index contributed by atoms with van der Waals surface area (Å²) in [6, 6.07) is 5.39. The number of rotatable bonds is 5. The summed E-state index contributed by atoms with van der Waals surface area (Å²) in [7, 11) is 0. The van der Waals surface area contributed by atoms with Crippen LogP contribution in [0.1, 0.15) is 41.1 Å². The number of aryl methyl sites for hydroxylation is 1. The number of piperazine rings is 1. The lowest BCUT2D eigenvalue weighted by Crippen LogP contribution is -2.47. The van der Waals surface area contributed by atoms with E-state index in [0.29, 0.717) is 43.0 Å². The summed E-state index contributed by atoms with van der Waals surface area (Å²) in [4.78, 5) is 39.2. The molecule has 184 valence electrons. The largest absolute Gasteiger partial charge is 0.368 e. The fraction of sp³-hybridized carbons (Fsp3) is 0.417. The number of aromatic amines is 1. The maximum Gasteiger partial charge on any atom is 0.270 e. The quantitative estimate of drug-likeness (QED) is 0.576. The van der Waals surface area contributed by atoms with Crippen LogP contribution in [0.4, 0.5) is 18.9 Å². The van der Waals surface area contributed by atoms with Gasteiger partial charge in [0.1, 0.15) is 16.9 Å². The number of benzene rings is 1. The zero-order chi connectivity index (χ0) is 24.9. The molecule has 3 aromatic rings. The molecule has 2 atom stereocenters. The Kier molecular flexibility index (Phi) is 5.74. The molecule has 2 aromatic heterocycles. The number of carbonyl (C=O) groups excluding carboxylic acids is 1. The first-order chi connectivity index (χ1) is 16.6. The van der Waals surface area contributed by atoms with Crippen molar-refractivity contribution in [1.82, 2.24) is 25.2 Å². The van der Waals surface area contributed by atoms with Crippen LogP contribution in [0.5, 0.6) is 0 Å². The lowest BCUT2D eigenvalue weighted by atomic mass is 10.0. The number of nitrogens with zero attached hydrogens (tertiary/aromatic N) is 4. The van der Waals surface area contributed by atoms with Crippen LogP contribution in [0.25, 0.3) is 11.0 Å². The van der Waals surface area contributed by atoms with E-state index in [1.54, 1.807) is 31.3 Å². The van der Waals surface area contributed by atoms with Crippen molar-refractivity contribution >= 4 is 22.6 Å². The first-order valence-corrected chi connectivity index (χ1v) is 11.5. The molecule has 2 fully saturated rings. The summed E-state index contributed by atoms with van der Waals surface area (Å²) < 4.78 is 41.3. The number of H-pyrrole nitrogens is 1. The summed E-state index contributed by atoms with van der Waals surface area (Å²) in [5.74, 6) is -3.90. The summed E-state index contributed by atoms with van der Waals surface area (Å²) >= 11 is 0. The van der Waals surface area contributed by atoms with Crippen molar-refractivity contribution in [2.45, 2.75) is 38.3 Å². The molecule has 2 N–H and O–H groups in total. The molecule has 2 unspecified atom stereocenters. The highest BCUT2D eigenvalue weighted by Crippen LogP contribution is 2.41. The molecule has 1 aliphatic carbocycles. The van der Waals surface area contributed by atoms with Crippen molar-refractivity contribution in [3.8, 4) is 0 Å². The normalized spacial score (nSPS) is 20.6. The lowest BCUT2D eigenvalue weighted by molar-refractivity contribution is 0.0845. The Balaban J connectivity index is 1.22. The van der Waals surface area contributed by atoms with Crippen molar-refractivity contribution in [2.24, 2.45) is 0 Å². The molecule has 8 nitrogen and oxygen atoms in total. The van der Waals surface area contributed by atoms with Crippen LogP contribution in [0, 0.1) is 12.7 Å². The number of halogens is 3. The molecule has 11 heteroatoms. The third-order valence-corrected chi connectivity index (χ3v) is 6.79. The van der Waals surface area contributed by atoms with Crippen molar-refractivity contribution in [3.05, 3.63) is 63.6 Å². The second-order valence-corrected chi connectivity index (χ2v) is 9.11. The molecule has 1 aromatic carbocycles. The van der Waals surface area contributed by atoms with Gasteiger partial charge in [0.15, 0.2) is 5.82 Å². The molecule has 1 amide bonds. The van der Waals surface area contributed by atoms with Crippen LogP contribution in [-0.2, 0) is 0 Å². The first-order valence-electron chi connectivity index (χ1n) is 11.5. The molecule has 35 heavy (non-hydrogen) atoms. The number of alkyl halides is 2. The van der Waals surface area contributed by atoms with Gasteiger partial charge in [-0.2, -0.15) is 0 Å². The number of amides is 1. The minimum absolute atomic E-state index is 0.0956. The standard InChI is InChI=1S/C24H25F3N6O2/c1-13-22(34)31-21-17(29-13)6-4-16(20(21)25)14(2)32-7-9-33(10-8-32)15-3-5-18(28-12-15)23(35)30-19-11-24(19,26)27/h3-6,12,14,19H,7-11H2,1-2H3,(H,30,35)(H,31,34). The third kappa shape index (κ3) is 4.47. The monoisotopic (exact) mass is 486 g/mol. The van der Waals surface area contributed by atoms with Crippen molar-refractivity contribution in [1.29, 1.82) is 0 Å². The van der Waals surface area contributed by atoms with E-state index in [0.717, 1.165) is 5.69 Å². The molecule has 0 radical (unpaired) electrons. The Hall–Kier alpha value is -3.47. The van der Waals surface area contributed by atoms with Crippen LogP contribution in [0.2, 0.25) is 0 Å². The Labute approximate surface area is 199 Å². The van der Waals surface area contributed by atoms with Crippen LogP contribution in [0.3, 0.4) is 0 Å². The molecule has 0 bridgehead atoms. The van der Waals surface area contributed by atoms with Gasteiger partial charge >= 0.3 is 0 Å². The Morgan fingerprint density at radius 3 is 2.54 bits per heavy atom. The SMILES string of the molecule is Cc1nc2ccc(C(C)N3CCN(c4ccc(C(=O)NC5CC5(F)F)nc4)CC3)c(F)c2[nH]c1=O. The summed E-state index contributed by atoms with van der Waals surface area (Å²) in [6.07, 6.45) is 1.23. The number of fused-ring (bicyclic) bond motifs is 1. The molecule has 1 saturated carbocycles. The highest BCUT2D eigenvalue weighted by Gasteiger charge is 2.58. The zero-order valence-corrected chi connectivity index (χ0v) is 19.3. The summed E-state index contributed by atoms with van der Waals surface area (Å²) in [5.41, 5.74) is 1.82. The Morgan fingerprint density at radius 2 is 1.91 bits per heavy atom. The molecule has 5 rings (SSSR count). The van der Waals surface area contributed by atoms with E-state index >= 15 is 4.39 Å². The van der Waals surface area contributed by atoms with Gasteiger partial charge in [0, 0.05) is 44.2 Å². The molecule has 0 spiro atoms. The van der Waals surface area contributed by atoms with Gasteiger partial charge in [0.2, 0.25) is 0 Å². The van der Waals surface area contributed by atoms with Crippen molar-refractivity contribution < 1.29 is 18.0 Å². The minimum Gasteiger partial charge on any atom is -0.368 e. The molecular formula is C24H25F3N6O2. The Bertz CT molecular complexity index is 1340. The van der Waals surface area contributed by atoms with Crippen molar-refractivity contribution in [3.63, 3.8) is 0 Å². The highest BCUT2D eigenvalue weighted by molar-refractivity contribution is 5.93. The van der Waals surface area contributed by atoms with Gasteiger partial charge in [-0.05, 0) is 32.0 Å². The molecular weight excluding hydrogens is 461 g/mol.